The minimum atomic E-state index is -0.618. The van der Waals surface area contributed by atoms with Crippen molar-refractivity contribution in [3.05, 3.63) is 58.7 Å². The number of anilines is 2. The number of morpholine rings is 1. The van der Waals surface area contributed by atoms with Crippen LogP contribution >= 0.6 is 0 Å². The number of benzene rings is 2. The molecule has 8 heteroatoms. The second-order valence-electron chi connectivity index (χ2n) is 8.43. The van der Waals surface area contributed by atoms with Gasteiger partial charge in [-0.05, 0) is 12.1 Å². The van der Waals surface area contributed by atoms with Crippen molar-refractivity contribution in [1.29, 1.82) is 0 Å². The summed E-state index contributed by atoms with van der Waals surface area (Å²) < 4.78 is 10.7. The zero-order valence-corrected chi connectivity index (χ0v) is 18.0. The standard InChI is InChI=1S/C24H27N3O5/c1-26(20-14-32-20)19-7-6-18(25-12-15(28)13-27-8-10-31-11-9-27)21-22(19)24(30)17-5-3-2-4-16(17)23(21)29/h2-7,15,20,25,28H,8-14H2,1H3. The molecule has 2 fully saturated rings. The topological polar surface area (TPSA) is 94.6 Å². The van der Waals surface area contributed by atoms with Crippen LogP contribution in [0.1, 0.15) is 31.8 Å². The van der Waals surface area contributed by atoms with Crippen molar-refractivity contribution >= 4 is 22.9 Å². The highest BCUT2D eigenvalue weighted by atomic mass is 16.6. The second kappa shape index (κ2) is 8.63. The van der Waals surface area contributed by atoms with Crippen molar-refractivity contribution in [3.8, 4) is 0 Å². The number of nitrogens with zero attached hydrogens (tertiary/aromatic N) is 2. The first kappa shape index (κ1) is 21.1. The van der Waals surface area contributed by atoms with E-state index in [1.54, 1.807) is 24.3 Å². The number of carbonyl (C=O) groups excluding carboxylic acids is 2. The predicted molar refractivity (Wildman–Crippen MR) is 120 cm³/mol. The third-order valence-electron chi connectivity index (χ3n) is 6.28. The minimum absolute atomic E-state index is 0.0895. The van der Waals surface area contributed by atoms with Gasteiger partial charge in [-0.25, -0.2) is 0 Å². The Morgan fingerprint density at radius 2 is 1.75 bits per heavy atom. The van der Waals surface area contributed by atoms with Crippen LogP contribution in [-0.2, 0) is 9.47 Å². The van der Waals surface area contributed by atoms with Gasteiger partial charge in [0, 0.05) is 50.0 Å². The molecule has 2 saturated heterocycles. The van der Waals surface area contributed by atoms with Gasteiger partial charge in [0.25, 0.3) is 0 Å². The summed E-state index contributed by atoms with van der Waals surface area (Å²) in [5.41, 5.74) is 2.81. The van der Waals surface area contributed by atoms with Gasteiger partial charge in [0.15, 0.2) is 17.8 Å². The van der Waals surface area contributed by atoms with Crippen LogP contribution in [0, 0.1) is 0 Å². The molecule has 0 radical (unpaired) electrons. The first-order valence-corrected chi connectivity index (χ1v) is 11.0. The summed E-state index contributed by atoms with van der Waals surface area (Å²) in [6, 6.07) is 10.6. The lowest BCUT2D eigenvalue weighted by Gasteiger charge is -2.29. The molecule has 2 aromatic rings. The van der Waals surface area contributed by atoms with E-state index in [-0.39, 0.29) is 24.3 Å². The number of aliphatic hydroxyl groups excluding tert-OH is 1. The Kier molecular flexibility index (Phi) is 5.69. The number of ether oxygens (including phenoxy) is 2. The molecule has 2 unspecified atom stereocenters. The largest absolute Gasteiger partial charge is 0.390 e. The molecule has 0 spiro atoms. The predicted octanol–water partition coefficient (Wildman–Crippen LogP) is 1.36. The van der Waals surface area contributed by atoms with Gasteiger partial charge in [-0.2, -0.15) is 0 Å². The smallest absolute Gasteiger partial charge is 0.196 e. The van der Waals surface area contributed by atoms with Gasteiger partial charge in [-0.3, -0.25) is 14.5 Å². The summed E-state index contributed by atoms with van der Waals surface area (Å²) in [4.78, 5) is 31.0. The first-order chi connectivity index (χ1) is 15.5. The van der Waals surface area contributed by atoms with Crippen molar-refractivity contribution in [1.82, 2.24) is 4.90 Å². The monoisotopic (exact) mass is 437 g/mol. The number of epoxide rings is 1. The van der Waals surface area contributed by atoms with Crippen molar-refractivity contribution in [3.63, 3.8) is 0 Å². The molecule has 2 heterocycles. The van der Waals surface area contributed by atoms with E-state index in [9.17, 15) is 14.7 Å². The Morgan fingerprint density at radius 1 is 1.09 bits per heavy atom. The Hall–Kier alpha value is -2.78. The summed E-state index contributed by atoms with van der Waals surface area (Å²) in [6.45, 7) is 4.31. The van der Waals surface area contributed by atoms with Crippen LogP contribution in [0.25, 0.3) is 0 Å². The van der Waals surface area contributed by atoms with Crippen LogP contribution in [0.5, 0.6) is 0 Å². The van der Waals surface area contributed by atoms with Crippen LogP contribution < -0.4 is 10.2 Å². The molecule has 5 rings (SSSR count). The maximum absolute atomic E-state index is 13.5. The summed E-state index contributed by atoms with van der Waals surface area (Å²) in [5, 5.41) is 13.8. The maximum Gasteiger partial charge on any atom is 0.196 e. The number of hydrogen-bond acceptors (Lipinski definition) is 8. The van der Waals surface area contributed by atoms with Gasteiger partial charge in [0.05, 0.1) is 42.7 Å². The quantitative estimate of drug-likeness (QED) is 0.535. The summed E-state index contributed by atoms with van der Waals surface area (Å²) >= 11 is 0. The van der Waals surface area contributed by atoms with E-state index in [0.717, 1.165) is 13.1 Å². The van der Waals surface area contributed by atoms with Gasteiger partial charge < -0.3 is 24.8 Å². The highest BCUT2D eigenvalue weighted by Gasteiger charge is 2.37. The van der Waals surface area contributed by atoms with Gasteiger partial charge in [0.1, 0.15) is 0 Å². The van der Waals surface area contributed by atoms with Gasteiger partial charge in [0.2, 0.25) is 0 Å². The van der Waals surface area contributed by atoms with Crippen molar-refractivity contribution in [2.75, 3.05) is 63.3 Å². The average Bonchev–Trinajstić information content (AvgIpc) is 3.66. The molecule has 168 valence electrons. The molecule has 3 aliphatic rings. The molecule has 0 bridgehead atoms. The fraction of sp³-hybridized carbons (Fsp3) is 0.417. The number of carbonyl (C=O) groups is 2. The van der Waals surface area contributed by atoms with Crippen LogP contribution in [-0.4, -0.2) is 87.0 Å². The number of nitrogens with one attached hydrogen (secondary N) is 1. The highest BCUT2D eigenvalue weighted by molar-refractivity contribution is 6.32. The van der Waals surface area contributed by atoms with Gasteiger partial charge in [-0.15, -0.1) is 0 Å². The molecule has 2 N–H and O–H groups in total. The van der Waals surface area contributed by atoms with E-state index < -0.39 is 6.10 Å². The lowest BCUT2D eigenvalue weighted by Crippen LogP contribution is -2.42. The molecule has 2 aliphatic heterocycles. The molecule has 0 amide bonds. The summed E-state index contributed by atoms with van der Waals surface area (Å²) in [5.74, 6) is -0.359. The zero-order chi connectivity index (χ0) is 22.2. The fourth-order valence-corrected chi connectivity index (χ4v) is 4.44. The molecule has 0 aromatic heterocycles. The summed E-state index contributed by atoms with van der Waals surface area (Å²) in [6.07, 6.45) is -0.707. The second-order valence-corrected chi connectivity index (χ2v) is 8.43. The van der Waals surface area contributed by atoms with E-state index in [0.29, 0.717) is 60.0 Å². The van der Waals surface area contributed by atoms with Crippen molar-refractivity contribution < 1.29 is 24.2 Å². The van der Waals surface area contributed by atoms with Crippen LogP contribution in [0.4, 0.5) is 11.4 Å². The Balaban J connectivity index is 1.45. The SMILES string of the molecule is CN(c1ccc(NCC(O)CN2CCOCC2)c2c1C(=O)c1ccccc1C2=O)C1CO1. The molecule has 8 nitrogen and oxygen atoms in total. The number of hydrogen-bond donors (Lipinski definition) is 2. The zero-order valence-electron chi connectivity index (χ0n) is 18.0. The number of rotatable bonds is 7. The molecular weight excluding hydrogens is 410 g/mol. The maximum atomic E-state index is 13.5. The minimum Gasteiger partial charge on any atom is -0.390 e. The number of fused-ring (bicyclic) bond motifs is 2. The highest BCUT2D eigenvalue weighted by Crippen LogP contribution is 2.39. The lowest BCUT2D eigenvalue weighted by atomic mass is 9.82. The molecule has 32 heavy (non-hydrogen) atoms. The fourth-order valence-electron chi connectivity index (χ4n) is 4.44. The molecule has 2 aromatic carbocycles. The lowest BCUT2D eigenvalue weighted by molar-refractivity contribution is 0.0171. The van der Waals surface area contributed by atoms with Gasteiger partial charge >= 0.3 is 0 Å². The van der Waals surface area contributed by atoms with Crippen molar-refractivity contribution in [2.45, 2.75) is 12.3 Å². The number of β-amino-alcohol motifs (C(OH)–C–C–N with tert-alkyl or cyclic N) is 1. The van der Waals surface area contributed by atoms with E-state index in [1.807, 2.05) is 24.1 Å². The van der Waals surface area contributed by atoms with Crippen molar-refractivity contribution in [2.24, 2.45) is 0 Å². The van der Waals surface area contributed by atoms with Crippen LogP contribution in [0.3, 0.4) is 0 Å². The Bertz CT molecular complexity index is 1050. The third kappa shape index (κ3) is 3.91. The molecular formula is C24H27N3O5. The van der Waals surface area contributed by atoms with E-state index in [1.165, 1.54) is 0 Å². The van der Waals surface area contributed by atoms with Gasteiger partial charge in [-0.1, -0.05) is 24.3 Å². The average molecular weight is 437 g/mol. The van der Waals surface area contributed by atoms with E-state index in [4.69, 9.17) is 9.47 Å². The van der Waals surface area contributed by atoms with E-state index in [2.05, 4.69) is 10.2 Å². The Labute approximate surface area is 186 Å². The molecule has 2 atom stereocenters. The number of likely N-dealkylation sites (N-methyl/N-ethyl adjacent to an activating group) is 1. The summed E-state index contributed by atoms with van der Waals surface area (Å²) in [7, 11) is 1.87. The third-order valence-corrected chi connectivity index (χ3v) is 6.28. The number of ketones is 2. The first-order valence-electron chi connectivity index (χ1n) is 11.0. The van der Waals surface area contributed by atoms with Crippen LogP contribution in [0.15, 0.2) is 36.4 Å². The number of aliphatic hydroxyl groups is 1. The molecule has 1 aliphatic carbocycles. The van der Waals surface area contributed by atoms with E-state index >= 15 is 0 Å². The Morgan fingerprint density at radius 3 is 2.41 bits per heavy atom. The van der Waals surface area contributed by atoms with Crippen LogP contribution in [0.2, 0.25) is 0 Å². The normalized spacial score (nSPS) is 21.0. The molecule has 0 saturated carbocycles.